The molecule has 0 radical (unpaired) electrons. The fourth-order valence-corrected chi connectivity index (χ4v) is 3.27. The number of rotatable bonds is 0. The van der Waals surface area contributed by atoms with Crippen molar-refractivity contribution in [2.24, 2.45) is 7.05 Å². The molecule has 19 heavy (non-hydrogen) atoms. The Bertz CT molecular complexity index is 864. The fourth-order valence-electron chi connectivity index (χ4n) is 2.76. The Morgan fingerprint density at radius 3 is 2.63 bits per heavy atom. The molecule has 0 unspecified atom stereocenters. The molecule has 0 amide bonds. The Hall–Kier alpha value is -1.94. The number of aromatic nitrogens is 2. The van der Waals surface area contributed by atoms with E-state index in [1.165, 1.54) is 0 Å². The van der Waals surface area contributed by atoms with E-state index in [0.717, 1.165) is 37.8 Å². The smallest absolute Gasteiger partial charge is 0.195 e. The minimum Gasteiger partial charge on any atom is -0.289 e. The van der Waals surface area contributed by atoms with E-state index in [9.17, 15) is 4.79 Å². The molecule has 92 valence electrons. The van der Waals surface area contributed by atoms with Crippen LogP contribution >= 0.6 is 15.9 Å². The van der Waals surface area contributed by atoms with Gasteiger partial charge in [-0.2, -0.15) is 5.10 Å². The summed E-state index contributed by atoms with van der Waals surface area (Å²) in [5.74, 6) is 0.0635. The molecule has 3 aromatic rings. The van der Waals surface area contributed by atoms with Crippen LogP contribution in [0.15, 0.2) is 40.9 Å². The predicted molar refractivity (Wildman–Crippen MR) is 77.3 cm³/mol. The van der Waals surface area contributed by atoms with Crippen LogP contribution in [0.1, 0.15) is 15.9 Å². The van der Waals surface area contributed by atoms with Crippen molar-refractivity contribution in [1.29, 1.82) is 0 Å². The summed E-state index contributed by atoms with van der Waals surface area (Å²) in [5.41, 5.74) is 4.24. The molecule has 0 saturated carbocycles. The van der Waals surface area contributed by atoms with E-state index in [1.54, 1.807) is 0 Å². The Morgan fingerprint density at radius 2 is 1.84 bits per heavy atom. The zero-order valence-corrected chi connectivity index (χ0v) is 11.7. The molecule has 1 aromatic heterocycles. The van der Waals surface area contributed by atoms with Gasteiger partial charge in [-0.15, -0.1) is 0 Å². The second-order valence-corrected chi connectivity index (χ2v) is 5.52. The number of benzene rings is 2. The van der Waals surface area contributed by atoms with Gasteiger partial charge in [0.05, 0.1) is 5.52 Å². The lowest BCUT2D eigenvalue weighted by atomic mass is 9.87. The molecule has 1 aliphatic rings. The molecule has 1 aliphatic carbocycles. The van der Waals surface area contributed by atoms with E-state index in [-0.39, 0.29) is 5.78 Å². The number of fused-ring (bicyclic) bond motifs is 2. The van der Waals surface area contributed by atoms with Crippen molar-refractivity contribution in [3.05, 3.63) is 52.0 Å². The van der Waals surface area contributed by atoms with E-state index in [2.05, 4.69) is 21.0 Å². The van der Waals surface area contributed by atoms with Crippen molar-refractivity contribution in [3.8, 4) is 11.3 Å². The van der Waals surface area contributed by atoms with Crippen LogP contribution in [0.25, 0.3) is 22.2 Å². The number of aryl methyl sites for hydroxylation is 1. The van der Waals surface area contributed by atoms with Crippen LogP contribution in [0, 0.1) is 0 Å². The molecule has 0 saturated heterocycles. The monoisotopic (exact) mass is 312 g/mol. The first-order chi connectivity index (χ1) is 9.18. The van der Waals surface area contributed by atoms with Crippen molar-refractivity contribution in [1.82, 2.24) is 9.78 Å². The van der Waals surface area contributed by atoms with Crippen molar-refractivity contribution >= 4 is 32.6 Å². The van der Waals surface area contributed by atoms with Gasteiger partial charge in [0, 0.05) is 33.6 Å². The highest BCUT2D eigenvalue weighted by Gasteiger charge is 2.29. The van der Waals surface area contributed by atoms with Gasteiger partial charge in [0.2, 0.25) is 0 Å². The SMILES string of the molecule is Cn1nc2c3c(c(Br)ccc31)C(=O)c1ccccc1-2. The quantitative estimate of drug-likeness (QED) is 0.498. The Balaban J connectivity index is 2.30. The van der Waals surface area contributed by atoms with Gasteiger partial charge in [-0.3, -0.25) is 9.48 Å². The van der Waals surface area contributed by atoms with Gasteiger partial charge in [-0.05, 0) is 12.1 Å². The molecular formula is C15H9BrN2O. The van der Waals surface area contributed by atoms with Crippen LogP contribution in [-0.2, 0) is 7.05 Å². The van der Waals surface area contributed by atoms with Crippen LogP contribution in [-0.4, -0.2) is 15.6 Å². The van der Waals surface area contributed by atoms with Crippen LogP contribution in [0.4, 0.5) is 0 Å². The van der Waals surface area contributed by atoms with Gasteiger partial charge in [0.1, 0.15) is 5.69 Å². The highest BCUT2D eigenvalue weighted by molar-refractivity contribution is 9.10. The summed E-state index contributed by atoms with van der Waals surface area (Å²) in [6.45, 7) is 0. The number of hydrogen-bond acceptors (Lipinski definition) is 2. The molecule has 0 fully saturated rings. The Kier molecular flexibility index (Phi) is 2.04. The van der Waals surface area contributed by atoms with Crippen LogP contribution in [0.3, 0.4) is 0 Å². The van der Waals surface area contributed by atoms with E-state index >= 15 is 0 Å². The third-order valence-electron chi connectivity index (χ3n) is 3.62. The summed E-state index contributed by atoms with van der Waals surface area (Å²) in [5, 5.41) is 5.53. The summed E-state index contributed by atoms with van der Waals surface area (Å²) in [7, 11) is 1.90. The lowest BCUT2D eigenvalue weighted by molar-refractivity contribution is 0.103. The van der Waals surface area contributed by atoms with Gasteiger partial charge < -0.3 is 0 Å². The molecule has 3 nitrogen and oxygen atoms in total. The maximum absolute atomic E-state index is 12.7. The van der Waals surface area contributed by atoms with Gasteiger partial charge in [0.15, 0.2) is 5.78 Å². The molecule has 1 heterocycles. The average Bonchev–Trinajstić information content (AvgIpc) is 2.75. The minimum absolute atomic E-state index is 0.0635. The molecule has 0 spiro atoms. The van der Waals surface area contributed by atoms with Gasteiger partial charge in [0.25, 0.3) is 0 Å². The summed E-state index contributed by atoms with van der Waals surface area (Å²) in [6.07, 6.45) is 0. The first-order valence-corrected chi connectivity index (χ1v) is 6.77. The number of nitrogens with zero attached hydrogens (tertiary/aromatic N) is 2. The topological polar surface area (TPSA) is 34.9 Å². The predicted octanol–water partition coefficient (Wildman–Crippen LogP) is 3.55. The van der Waals surface area contributed by atoms with E-state index in [0.29, 0.717) is 0 Å². The minimum atomic E-state index is 0.0635. The molecule has 2 aromatic carbocycles. The van der Waals surface area contributed by atoms with Gasteiger partial charge in [-0.25, -0.2) is 0 Å². The standard InChI is InChI=1S/C15H9BrN2O/c1-18-11-7-6-10(16)12-13(11)14(17-18)8-4-2-3-5-9(8)15(12)19/h2-7H,1H3. The molecule has 0 aliphatic heterocycles. The maximum atomic E-state index is 12.7. The number of ketones is 1. The molecular weight excluding hydrogens is 304 g/mol. The molecule has 4 rings (SSSR count). The first-order valence-electron chi connectivity index (χ1n) is 5.98. The Labute approximate surface area is 118 Å². The van der Waals surface area contributed by atoms with Gasteiger partial charge in [-0.1, -0.05) is 40.2 Å². The van der Waals surface area contributed by atoms with E-state index in [1.807, 2.05) is 48.1 Å². The molecule has 4 heteroatoms. The van der Waals surface area contributed by atoms with Crippen LogP contribution < -0.4 is 0 Å². The number of carbonyl (C=O) groups is 1. The van der Waals surface area contributed by atoms with Crippen molar-refractivity contribution < 1.29 is 4.79 Å². The largest absolute Gasteiger partial charge is 0.289 e. The molecule has 0 N–H and O–H groups in total. The number of halogens is 1. The van der Waals surface area contributed by atoms with Crippen molar-refractivity contribution in [3.63, 3.8) is 0 Å². The third kappa shape index (κ3) is 1.27. The Morgan fingerprint density at radius 1 is 1.11 bits per heavy atom. The maximum Gasteiger partial charge on any atom is 0.195 e. The van der Waals surface area contributed by atoms with E-state index in [4.69, 9.17) is 0 Å². The second kappa shape index (κ2) is 3.54. The summed E-state index contributed by atoms with van der Waals surface area (Å²) >= 11 is 3.49. The third-order valence-corrected chi connectivity index (χ3v) is 4.28. The van der Waals surface area contributed by atoms with Gasteiger partial charge >= 0.3 is 0 Å². The van der Waals surface area contributed by atoms with E-state index < -0.39 is 0 Å². The van der Waals surface area contributed by atoms with Crippen LogP contribution in [0.2, 0.25) is 0 Å². The summed E-state index contributed by atoms with van der Waals surface area (Å²) < 4.78 is 2.66. The number of hydrogen-bond donors (Lipinski definition) is 0. The molecule has 0 atom stereocenters. The average molecular weight is 313 g/mol. The lowest BCUT2D eigenvalue weighted by Gasteiger charge is -2.15. The number of carbonyl (C=O) groups excluding carboxylic acids is 1. The zero-order valence-electron chi connectivity index (χ0n) is 10.1. The van der Waals surface area contributed by atoms with Crippen LogP contribution in [0.5, 0.6) is 0 Å². The highest BCUT2D eigenvalue weighted by Crippen LogP contribution is 2.41. The first kappa shape index (κ1) is 10.9. The van der Waals surface area contributed by atoms with Crippen molar-refractivity contribution in [2.75, 3.05) is 0 Å². The zero-order chi connectivity index (χ0) is 13.1. The fraction of sp³-hybridized carbons (Fsp3) is 0.0667. The summed E-state index contributed by atoms with van der Waals surface area (Å²) in [6, 6.07) is 11.5. The highest BCUT2D eigenvalue weighted by atomic mass is 79.9. The summed E-state index contributed by atoms with van der Waals surface area (Å²) in [4.78, 5) is 12.7. The molecule has 0 bridgehead atoms. The second-order valence-electron chi connectivity index (χ2n) is 4.66. The van der Waals surface area contributed by atoms with Crippen molar-refractivity contribution in [2.45, 2.75) is 0 Å². The normalized spacial score (nSPS) is 12.8. The lowest BCUT2D eigenvalue weighted by Crippen LogP contribution is -2.09.